The molecule has 0 amide bonds. The molecular formula is C15H11BrOS. The van der Waals surface area contributed by atoms with Gasteiger partial charge in [-0.1, -0.05) is 34.1 Å². The van der Waals surface area contributed by atoms with Crippen molar-refractivity contribution in [2.45, 2.75) is 6.42 Å². The van der Waals surface area contributed by atoms with Gasteiger partial charge in [0.1, 0.15) is 0 Å². The molecule has 0 spiro atoms. The number of rotatable bonds is 2. The summed E-state index contributed by atoms with van der Waals surface area (Å²) in [7, 11) is 0. The topological polar surface area (TPSA) is 17.1 Å². The van der Waals surface area contributed by atoms with E-state index in [1.807, 2.05) is 36.4 Å². The molecule has 0 N–H and O–H groups in total. The lowest BCUT2D eigenvalue weighted by atomic mass is 10.1. The van der Waals surface area contributed by atoms with Crippen molar-refractivity contribution in [2.75, 3.05) is 5.33 Å². The summed E-state index contributed by atoms with van der Waals surface area (Å²) in [5.74, 6) is 0. The highest BCUT2D eigenvalue weighted by Crippen LogP contribution is 2.25. The van der Waals surface area contributed by atoms with Gasteiger partial charge < -0.3 is 0 Å². The van der Waals surface area contributed by atoms with E-state index < -0.39 is 0 Å². The molecule has 0 fully saturated rings. The van der Waals surface area contributed by atoms with Gasteiger partial charge in [-0.2, -0.15) is 0 Å². The van der Waals surface area contributed by atoms with Crippen molar-refractivity contribution < 1.29 is 0 Å². The maximum atomic E-state index is 12.4. The zero-order valence-electron chi connectivity index (χ0n) is 9.65. The van der Waals surface area contributed by atoms with Crippen LogP contribution in [-0.2, 0) is 6.42 Å². The predicted molar refractivity (Wildman–Crippen MR) is 83.1 cm³/mol. The summed E-state index contributed by atoms with van der Waals surface area (Å²) in [6, 6.07) is 14.0. The first-order valence-electron chi connectivity index (χ1n) is 5.80. The summed E-state index contributed by atoms with van der Waals surface area (Å²) in [5.41, 5.74) is 1.41. The smallest absolute Gasteiger partial charge is 0.195 e. The van der Waals surface area contributed by atoms with Crippen molar-refractivity contribution in [2.24, 2.45) is 0 Å². The molecule has 0 atom stereocenters. The number of fused-ring (bicyclic) bond motifs is 2. The largest absolute Gasteiger partial charge is 0.289 e. The average Bonchev–Trinajstić information content (AvgIpc) is 2.39. The van der Waals surface area contributed by atoms with Crippen LogP contribution in [0.5, 0.6) is 0 Å². The van der Waals surface area contributed by atoms with E-state index in [4.69, 9.17) is 0 Å². The minimum Gasteiger partial charge on any atom is -0.289 e. The summed E-state index contributed by atoms with van der Waals surface area (Å²) >= 11 is 5.14. The summed E-state index contributed by atoms with van der Waals surface area (Å²) < 4.78 is 2.14. The van der Waals surface area contributed by atoms with E-state index in [-0.39, 0.29) is 5.43 Å². The van der Waals surface area contributed by atoms with Crippen LogP contribution < -0.4 is 5.43 Å². The molecule has 3 heteroatoms. The molecule has 0 unspecified atom stereocenters. The maximum Gasteiger partial charge on any atom is 0.195 e. The Morgan fingerprint density at radius 3 is 2.61 bits per heavy atom. The van der Waals surface area contributed by atoms with Crippen molar-refractivity contribution in [3.63, 3.8) is 0 Å². The Kier molecular flexibility index (Phi) is 3.18. The zero-order valence-corrected chi connectivity index (χ0v) is 12.1. The molecule has 2 aromatic carbocycles. The number of halogens is 1. The molecule has 0 aliphatic heterocycles. The summed E-state index contributed by atoms with van der Waals surface area (Å²) in [4.78, 5) is 12.4. The fraction of sp³-hybridized carbons (Fsp3) is 0.133. The van der Waals surface area contributed by atoms with Crippen LogP contribution in [0.4, 0.5) is 0 Å². The van der Waals surface area contributed by atoms with E-state index in [9.17, 15) is 4.79 Å². The standard InChI is InChI=1S/C15H11BrOS/c16-8-7-10-5-6-12-14(9-10)18-13-4-2-1-3-11(13)15(12)17/h1-6,9H,7-8H2. The number of benzene rings is 2. The summed E-state index contributed by atoms with van der Waals surface area (Å²) in [6.07, 6.45) is 0.990. The first-order chi connectivity index (χ1) is 8.79. The first-order valence-corrected chi connectivity index (χ1v) is 7.74. The van der Waals surface area contributed by atoms with E-state index in [1.165, 1.54) is 5.56 Å². The third-order valence-electron chi connectivity index (χ3n) is 3.03. The maximum absolute atomic E-state index is 12.4. The lowest BCUT2D eigenvalue weighted by molar-refractivity contribution is 1.18. The zero-order chi connectivity index (χ0) is 12.5. The first kappa shape index (κ1) is 11.9. The number of hydrogen-bond acceptors (Lipinski definition) is 2. The Morgan fingerprint density at radius 1 is 1.00 bits per heavy atom. The Hall–Kier alpha value is -1.19. The minimum absolute atomic E-state index is 0.143. The number of hydrogen-bond donors (Lipinski definition) is 0. The van der Waals surface area contributed by atoms with Crippen LogP contribution in [0.15, 0.2) is 47.3 Å². The lowest BCUT2D eigenvalue weighted by Crippen LogP contribution is -2.01. The molecular weight excluding hydrogens is 308 g/mol. The van der Waals surface area contributed by atoms with Crippen molar-refractivity contribution in [3.05, 3.63) is 58.3 Å². The van der Waals surface area contributed by atoms with Gasteiger partial charge in [0.15, 0.2) is 5.43 Å². The molecule has 0 radical (unpaired) electrons. The van der Waals surface area contributed by atoms with Crippen molar-refractivity contribution in [1.82, 2.24) is 0 Å². The minimum atomic E-state index is 0.143. The monoisotopic (exact) mass is 318 g/mol. The molecule has 0 aliphatic carbocycles. The molecule has 3 rings (SSSR count). The van der Waals surface area contributed by atoms with Gasteiger partial charge in [0.05, 0.1) is 0 Å². The van der Waals surface area contributed by atoms with Crippen LogP contribution in [0.3, 0.4) is 0 Å². The normalized spacial score (nSPS) is 11.2. The third kappa shape index (κ3) is 1.98. The highest BCUT2D eigenvalue weighted by atomic mass is 79.9. The number of alkyl halides is 1. The molecule has 90 valence electrons. The van der Waals surface area contributed by atoms with Gasteiger partial charge in [-0.05, 0) is 36.2 Å². The van der Waals surface area contributed by atoms with E-state index in [0.717, 1.165) is 31.9 Å². The summed E-state index contributed by atoms with van der Waals surface area (Å²) in [6.45, 7) is 0. The van der Waals surface area contributed by atoms with Crippen LogP contribution in [0.2, 0.25) is 0 Å². The van der Waals surface area contributed by atoms with Crippen LogP contribution >= 0.6 is 27.3 Å². The molecule has 1 nitrogen and oxygen atoms in total. The Bertz CT molecular complexity index is 776. The van der Waals surface area contributed by atoms with E-state index >= 15 is 0 Å². The Labute approximate surface area is 117 Å². The van der Waals surface area contributed by atoms with E-state index in [0.29, 0.717) is 0 Å². The molecule has 1 heterocycles. The van der Waals surface area contributed by atoms with Gasteiger partial charge in [-0.3, -0.25) is 4.79 Å². The van der Waals surface area contributed by atoms with Gasteiger partial charge in [-0.15, -0.1) is 11.3 Å². The van der Waals surface area contributed by atoms with Crippen LogP contribution in [0.1, 0.15) is 5.56 Å². The van der Waals surface area contributed by atoms with Crippen molar-refractivity contribution in [1.29, 1.82) is 0 Å². The number of aryl methyl sites for hydroxylation is 1. The molecule has 3 aromatic rings. The fourth-order valence-corrected chi connectivity index (χ4v) is 3.70. The lowest BCUT2D eigenvalue weighted by Gasteiger charge is -2.03. The van der Waals surface area contributed by atoms with Crippen LogP contribution in [-0.4, -0.2) is 5.33 Å². The molecule has 0 bridgehead atoms. The summed E-state index contributed by atoms with van der Waals surface area (Å²) in [5, 5.41) is 2.60. The molecule has 18 heavy (non-hydrogen) atoms. The van der Waals surface area contributed by atoms with Crippen molar-refractivity contribution in [3.8, 4) is 0 Å². The molecule has 0 saturated heterocycles. The SMILES string of the molecule is O=c1c2ccccc2sc2cc(CCBr)ccc12. The Balaban J connectivity index is 2.37. The Morgan fingerprint density at radius 2 is 1.78 bits per heavy atom. The van der Waals surface area contributed by atoms with E-state index in [2.05, 4.69) is 22.0 Å². The van der Waals surface area contributed by atoms with Crippen LogP contribution in [0.25, 0.3) is 20.2 Å². The highest BCUT2D eigenvalue weighted by Gasteiger charge is 2.05. The quantitative estimate of drug-likeness (QED) is 0.507. The van der Waals surface area contributed by atoms with Crippen LogP contribution in [0, 0.1) is 0 Å². The van der Waals surface area contributed by atoms with E-state index in [1.54, 1.807) is 11.3 Å². The highest BCUT2D eigenvalue weighted by molar-refractivity contribution is 9.09. The van der Waals surface area contributed by atoms with Gasteiger partial charge in [0, 0.05) is 25.5 Å². The van der Waals surface area contributed by atoms with Gasteiger partial charge in [0.25, 0.3) is 0 Å². The molecule has 0 aliphatic rings. The van der Waals surface area contributed by atoms with Crippen molar-refractivity contribution >= 4 is 47.4 Å². The second-order valence-electron chi connectivity index (χ2n) is 4.20. The van der Waals surface area contributed by atoms with Gasteiger partial charge >= 0.3 is 0 Å². The third-order valence-corrected chi connectivity index (χ3v) is 4.56. The van der Waals surface area contributed by atoms with Gasteiger partial charge in [-0.25, -0.2) is 0 Å². The molecule has 1 aromatic heterocycles. The predicted octanol–water partition coefficient (Wildman–Crippen LogP) is 4.35. The second kappa shape index (κ2) is 4.82. The van der Waals surface area contributed by atoms with Gasteiger partial charge in [0.2, 0.25) is 0 Å². The average molecular weight is 319 g/mol. The molecule has 0 saturated carbocycles. The second-order valence-corrected chi connectivity index (χ2v) is 6.07. The fourth-order valence-electron chi connectivity index (χ4n) is 2.11.